The van der Waals surface area contributed by atoms with Gasteiger partial charge in [0.25, 0.3) is 5.24 Å². The van der Waals surface area contributed by atoms with Crippen LogP contribution in [-0.4, -0.2) is 19.0 Å². The van der Waals surface area contributed by atoms with Crippen LogP contribution < -0.4 is 9.47 Å². The van der Waals surface area contributed by atoms with E-state index >= 15 is 0 Å². The van der Waals surface area contributed by atoms with Gasteiger partial charge in [0.15, 0.2) is 0 Å². The minimum absolute atomic E-state index is 0.310. The minimum Gasteiger partial charge on any atom is -0.497 e. The molecule has 0 spiro atoms. The van der Waals surface area contributed by atoms with E-state index in [-0.39, 0.29) is 0 Å². The molecule has 80 valence electrons. The van der Waals surface area contributed by atoms with E-state index < -0.39 is 5.24 Å². The fraction of sp³-hybridized carbons (Fsp3) is 0.182. The lowest BCUT2D eigenvalue weighted by molar-refractivity contribution is 0.107. The molecule has 0 aliphatic carbocycles. The molecule has 0 aromatic heterocycles. The zero-order chi connectivity index (χ0) is 11.3. The normalized spacial score (nSPS) is 9.47. The highest BCUT2D eigenvalue weighted by Crippen LogP contribution is 2.26. The number of benzene rings is 1. The molecule has 0 atom stereocenters. The van der Waals surface area contributed by atoms with Gasteiger partial charge in [0, 0.05) is 6.07 Å². The smallest absolute Gasteiger partial charge is 0.256 e. The van der Waals surface area contributed by atoms with Crippen molar-refractivity contribution in [3.05, 3.63) is 36.4 Å². The summed E-state index contributed by atoms with van der Waals surface area (Å²) in [6.07, 6.45) is 1.59. The first-order valence-electron chi connectivity index (χ1n) is 4.30. The van der Waals surface area contributed by atoms with Gasteiger partial charge in [0.05, 0.1) is 12.7 Å². The summed E-state index contributed by atoms with van der Waals surface area (Å²) in [6, 6.07) is 4.82. The maximum atomic E-state index is 11.0. The van der Waals surface area contributed by atoms with Gasteiger partial charge in [-0.3, -0.25) is 4.79 Å². The molecule has 0 N–H and O–H groups in total. The average molecular weight is 227 g/mol. The van der Waals surface area contributed by atoms with Crippen LogP contribution in [0.2, 0.25) is 0 Å². The summed E-state index contributed by atoms with van der Waals surface area (Å²) in [5, 5.41) is -0.559. The Morgan fingerprint density at radius 2 is 2.33 bits per heavy atom. The van der Waals surface area contributed by atoms with E-state index in [2.05, 4.69) is 6.58 Å². The zero-order valence-corrected chi connectivity index (χ0v) is 9.08. The van der Waals surface area contributed by atoms with Gasteiger partial charge in [-0.05, 0) is 23.7 Å². The quantitative estimate of drug-likeness (QED) is 0.572. The van der Waals surface area contributed by atoms with Crippen molar-refractivity contribution in [2.24, 2.45) is 0 Å². The molecule has 0 aliphatic heterocycles. The number of carbonyl (C=O) groups is 1. The number of hydrogen-bond donors (Lipinski definition) is 0. The second kappa shape index (κ2) is 5.41. The largest absolute Gasteiger partial charge is 0.497 e. The maximum Gasteiger partial charge on any atom is 0.256 e. The summed E-state index contributed by atoms with van der Waals surface area (Å²) in [7, 11) is 1.54. The van der Waals surface area contributed by atoms with Gasteiger partial charge >= 0.3 is 0 Å². The first-order chi connectivity index (χ1) is 7.19. The maximum absolute atomic E-state index is 11.0. The van der Waals surface area contributed by atoms with Crippen LogP contribution >= 0.6 is 11.6 Å². The fourth-order valence-corrected chi connectivity index (χ4v) is 1.22. The molecule has 0 saturated carbocycles. The number of halogens is 1. The monoisotopic (exact) mass is 226 g/mol. The topological polar surface area (TPSA) is 35.5 Å². The number of hydrogen-bond acceptors (Lipinski definition) is 3. The van der Waals surface area contributed by atoms with Gasteiger partial charge in [0.2, 0.25) is 0 Å². The Balaban J connectivity index is 3.04. The molecular weight excluding hydrogens is 216 g/mol. The first kappa shape index (κ1) is 11.6. The van der Waals surface area contributed by atoms with Gasteiger partial charge in [-0.15, -0.1) is 0 Å². The van der Waals surface area contributed by atoms with Gasteiger partial charge in [0.1, 0.15) is 18.1 Å². The van der Waals surface area contributed by atoms with Crippen molar-refractivity contribution in [1.29, 1.82) is 0 Å². The Labute approximate surface area is 93.3 Å². The van der Waals surface area contributed by atoms with Crippen molar-refractivity contribution in [3.8, 4) is 11.5 Å². The zero-order valence-electron chi connectivity index (χ0n) is 8.33. The minimum atomic E-state index is -0.559. The molecule has 1 aromatic rings. The van der Waals surface area contributed by atoms with E-state index in [4.69, 9.17) is 21.1 Å². The molecule has 0 unspecified atom stereocenters. The average Bonchev–Trinajstić information content (AvgIpc) is 2.25. The van der Waals surface area contributed by atoms with Crippen molar-refractivity contribution < 1.29 is 14.3 Å². The molecule has 4 heteroatoms. The van der Waals surface area contributed by atoms with Crippen LogP contribution in [-0.2, 0) is 0 Å². The van der Waals surface area contributed by atoms with Crippen molar-refractivity contribution in [1.82, 2.24) is 0 Å². The van der Waals surface area contributed by atoms with E-state index in [1.54, 1.807) is 24.3 Å². The predicted octanol–water partition coefficient (Wildman–Crippen LogP) is 2.64. The molecule has 0 aliphatic rings. The molecule has 0 amide bonds. The third-order valence-corrected chi connectivity index (χ3v) is 1.96. The van der Waals surface area contributed by atoms with Crippen LogP contribution in [0, 0.1) is 0 Å². The molecule has 1 aromatic carbocycles. The number of carbonyl (C=O) groups excluding carboxylic acids is 1. The summed E-state index contributed by atoms with van der Waals surface area (Å²) in [5.41, 5.74) is 0.319. The molecular formula is C11H11ClO3. The van der Waals surface area contributed by atoms with Gasteiger partial charge < -0.3 is 9.47 Å². The summed E-state index contributed by atoms with van der Waals surface area (Å²) in [4.78, 5) is 11.0. The van der Waals surface area contributed by atoms with E-state index in [1.165, 1.54) is 7.11 Å². The lowest BCUT2D eigenvalue weighted by atomic mass is 10.2. The third-order valence-electron chi connectivity index (χ3n) is 1.76. The summed E-state index contributed by atoms with van der Waals surface area (Å²) >= 11 is 5.40. The predicted molar refractivity (Wildman–Crippen MR) is 58.9 cm³/mol. The molecule has 3 nitrogen and oxygen atoms in total. The Hall–Kier alpha value is -1.48. The highest BCUT2D eigenvalue weighted by molar-refractivity contribution is 6.68. The first-order valence-corrected chi connectivity index (χ1v) is 4.68. The molecule has 0 heterocycles. The van der Waals surface area contributed by atoms with E-state index in [0.29, 0.717) is 23.7 Å². The highest BCUT2D eigenvalue weighted by atomic mass is 35.5. The van der Waals surface area contributed by atoms with Gasteiger partial charge in [-0.25, -0.2) is 0 Å². The number of methoxy groups -OCH3 is 1. The highest BCUT2D eigenvalue weighted by Gasteiger charge is 2.10. The summed E-state index contributed by atoms with van der Waals surface area (Å²) in [5.74, 6) is 1.00. The van der Waals surface area contributed by atoms with Crippen LogP contribution in [0.1, 0.15) is 10.4 Å². The molecule has 0 radical (unpaired) electrons. The van der Waals surface area contributed by atoms with E-state index in [0.717, 1.165) is 0 Å². The van der Waals surface area contributed by atoms with Crippen LogP contribution in [0.5, 0.6) is 11.5 Å². The Kier molecular flexibility index (Phi) is 4.18. The molecule has 0 saturated heterocycles. The van der Waals surface area contributed by atoms with E-state index in [1.807, 2.05) is 0 Å². The molecule has 1 rings (SSSR count). The lowest BCUT2D eigenvalue weighted by Gasteiger charge is -2.08. The number of rotatable bonds is 5. The number of ether oxygens (including phenoxy) is 2. The van der Waals surface area contributed by atoms with Gasteiger partial charge in [-0.1, -0.05) is 12.7 Å². The molecule has 0 bridgehead atoms. The SMILES string of the molecule is C=CCOc1cc(OC)ccc1C(=O)Cl. The van der Waals surface area contributed by atoms with Crippen molar-refractivity contribution in [2.75, 3.05) is 13.7 Å². The van der Waals surface area contributed by atoms with E-state index in [9.17, 15) is 4.79 Å². The van der Waals surface area contributed by atoms with Gasteiger partial charge in [-0.2, -0.15) is 0 Å². The van der Waals surface area contributed by atoms with Crippen LogP contribution in [0.25, 0.3) is 0 Å². The molecule has 0 fully saturated rings. The summed E-state index contributed by atoms with van der Waals surface area (Å²) < 4.78 is 10.3. The second-order valence-electron chi connectivity index (χ2n) is 2.74. The van der Waals surface area contributed by atoms with Crippen LogP contribution in [0.3, 0.4) is 0 Å². The lowest BCUT2D eigenvalue weighted by Crippen LogP contribution is -2.00. The van der Waals surface area contributed by atoms with Crippen molar-refractivity contribution in [3.63, 3.8) is 0 Å². The van der Waals surface area contributed by atoms with Crippen LogP contribution in [0.15, 0.2) is 30.9 Å². The second-order valence-corrected chi connectivity index (χ2v) is 3.08. The van der Waals surface area contributed by atoms with Crippen molar-refractivity contribution in [2.45, 2.75) is 0 Å². The standard InChI is InChI=1S/C11H11ClO3/c1-3-6-15-10-7-8(14-2)4-5-9(10)11(12)13/h3-5,7H,1,6H2,2H3. The van der Waals surface area contributed by atoms with Crippen molar-refractivity contribution >= 4 is 16.8 Å². The summed E-state index contributed by atoms with van der Waals surface area (Å²) in [6.45, 7) is 3.83. The molecule has 15 heavy (non-hydrogen) atoms. The van der Waals surface area contributed by atoms with Crippen LogP contribution in [0.4, 0.5) is 0 Å². The Morgan fingerprint density at radius 1 is 1.60 bits per heavy atom. The Bertz CT molecular complexity index is 374. The third kappa shape index (κ3) is 2.99. The fourth-order valence-electron chi connectivity index (χ4n) is 1.06. The Morgan fingerprint density at radius 3 is 2.87 bits per heavy atom.